The smallest absolute Gasteiger partial charge is 0.242 e. The lowest BCUT2D eigenvalue weighted by atomic mass is 9.70. The summed E-state index contributed by atoms with van der Waals surface area (Å²) in [4.78, 5) is 24.3. The standard InChI is InChI=1S/C12H18N2O2S/c1-4-6-8(3)12(7-5-2)9(15)13-11(17)14-10(12)16/h4,6,8H,5,7H2,1-3H3,(H2,13,14,15,16,17). The van der Waals surface area contributed by atoms with Crippen LogP contribution in [0, 0.1) is 11.3 Å². The van der Waals surface area contributed by atoms with Crippen LogP contribution >= 0.6 is 12.2 Å². The van der Waals surface area contributed by atoms with E-state index in [-0.39, 0.29) is 22.8 Å². The Morgan fingerprint density at radius 1 is 1.35 bits per heavy atom. The van der Waals surface area contributed by atoms with Crippen LogP contribution in [0.3, 0.4) is 0 Å². The van der Waals surface area contributed by atoms with E-state index in [1.54, 1.807) is 0 Å². The SMILES string of the molecule is CC=CC(C)C1(CCC)C(=O)NC(=S)NC1=O. The minimum Gasteiger partial charge on any atom is -0.302 e. The summed E-state index contributed by atoms with van der Waals surface area (Å²) in [5, 5.41) is 5.20. The normalized spacial score (nSPS) is 21.2. The highest BCUT2D eigenvalue weighted by molar-refractivity contribution is 7.80. The van der Waals surface area contributed by atoms with Gasteiger partial charge in [0.05, 0.1) is 0 Å². The molecule has 0 aromatic heterocycles. The molecule has 1 aliphatic heterocycles. The molecule has 0 saturated carbocycles. The maximum atomic E-state index is 12.1. The summed E-state index contributed by atoms with van der Waals surface area (Å²) in [6, 6.07) is 0. The maximum Gasteiger partial charge on any atom is 0.242 e. The molecule has 5 heteroatoms. The van der Waals surface area contributed by atoms with Gasteiger partial charge in [0.15, 0.2) is 5.11 Å². The largest absolute Gasteiger partial charge is 0.302 e. The van der Waals surface area contributed by atoms with Gasteiger partial charge in [-0.2, -0.15) is 0 Å². The zero-order valence-corrected chi connectivity index (χ0v) is 11.2. The van der Waals surface area contributed by atoms with Crippen LogP contribution in [-0.2, 0) is 9.59 Å². The quantitative estimate of drug-likeness (QED) is 0.454. The van der Waals surface area contributed by atoms with Gasteiger partial charge in [0.25, 0.3) is 0 Å². The summed E-state index contributed by atoms with van der Waals surface area (Å²) in [6.45, 7) is 5.71. The first-order valence-electron chi connectivity index (χ1n) is 5.78. The van der Waals surface area contributed by atoms with E-state index < -0.39 is 5.41 Å². The molecule has 0 bridgehead atoms. The van der Waals surface area contributed by atoms with Crippen molar-refractivity contribution in [2.75, 3.05) is 0 Å². The highest BCUT2D eigenvalue weighted by Gasteiger charge is 2.51. The first-order valence-corrected chi connectivity index (χ1v) is 6.19. The number of hydrogen-bond acceptors (Lipinski definition) is 3. The molecule has 0 aromatic carbocycles. The Labute approximate surface area is 107 Å². The molecule has 1 saturated heterocycles. The van der Waals surface area contributed by atoms with Crippen molar-refractivity contribution in [2.45, 2.75) is 33.6 Å². The van der Waals surface area contributed by atoms with Crippen molar-refractivity contribution in [2.24, 2.45) is 11.3 Å². The van der Waals surface area contributed by atoms with E-state index in [0.717, 1.165) is 6.42 Å². The Hall–Kier alpha value is -1.23. The molecule has 4 nitrogen and oxygen atoms in total. The fraction of sp³-hybridized carbons (Fsp3) is 0.583. The number of thiocarbonyl (C=S) groups is 1. The van der Waals surface area contributed by atoms with Gasteiger partial charge in [-0.1, -0.05) is 32.4 Å². The highest BCUT2D eigenvalue weighted by Crippen LogP contribution is 2.36. The second kappa shape index (κ2) is 5.40. The van der Waals surface area contributed by atoms with Crippen LogP contribution in [0.4, 0.5) is 0 Å². The van der Waals surface area contributed by atoms with Gasteiger partial charge >= 0.3 is 0 Å². The third-order valence-electron chi connectivity index (χ3n) is 3.17. The molecule has 0 radical (unpaired) electrons. The molecular formula is C12H18N2O2S. The molecule has 1 unspecified atom stereocenters. The maximum absolute atomic E-state index is 12.1. The zero-order chi connectivity index (χ0) is 13.1. The number of allylic oxidation sites excluding steroid dienone is 2. The van der Waals surface area contributed by atoms with E-state index in [2.05, 4.69) is 10.6 Å². The van der Waals surface area contributed by atoms with Gasteiger partial charge in [0.2, 0.25) is 11.8 Å². The summed E-state index contributed by atoms with van der Waals surface area (Å²) in [7, 11) is 0. The van der Waals surface area contributed by atoms with Gasteiger partial charge in [-0.05, 0) is 31.5 Å². The molecule has 17 heavy (non-hydrogen) atoms. The average molecular weight is 254 g/mol. The first-order chi connectivity index (χ1) is 7.98. The van der Waals surface area contributed by atoms with E-state index in [0.29, 0.717) is 6.42 Å². The third kappa shape index (κ3) is 2.39. The van der Waals surface area contributed by atoms with Gasteiger partial charge in [0, 0.05) is 0 Å². The van der Waals surface area contributed by atoms with Crippen molar-refractivity contribution < 1.29 is 9.59 Å². The van der Waals surface area contributed by atoms with Crippen LogP contribution in [0.15, 0.2) is 12.2 Å². The van der Waals surface area contributed by atoms with E-state index in [4.69, 9.17) is 12.2 Å². The fourth-order valence-corrected chi connectivity index (χ4v) is 2.46. The lowest BCUT2D eigenvalue weighted by Gasteiger charge is -2.38. The topological polar surface area (TPSA) is 58.2 Å². The minimum absolute atomic E-state index is 0.0967. The minimum atomic E-state index is -1.04. The highest BCUT2D eigenvalue weighted by atomic mass is 32.1. The molecule has 0 spiro atoms. The van der Waals surface area contributed by atoms with Crippen molar-refractivity contribution in [3.05, 3.63) is 12.2 Å². The summed E-state index contributed by atoms with van der Waals surface area (Å²) >= 11 is 4.82. The van der Waals surface area contributed by atoms with Gasteiger partial charge in [0.1, 0.15) is 5.41 Å². The van der Waals surface area contributed by atoms with Gasteiger partial charge in [-0.25, -0.2) is 0 Å². The van der Waals surface area contributed by atoms with Crippen LogP contribution in [0.2, 0.25) is 0 Å². The summed E-state index contributed by atoms with van der Waals surface area (Å²) in [6.07, 6.45) is 5.01. The van der Waals surface area contributed by atoms with E-state index in [1.807, 2.05) is 32.9 Å². The lowest BCUT2D eigenvalue weighted by molar-refractivity contribution is -0.146. The summed E-state index contributed by atoms with van der Waals surface area (Å²) in [5.74, 6) is -0.743. The van der Waals surface area contributed by atoms with Crippen molar-refractivity contribution in [3.8, 4) is 0 Å². The Balaban J connectivity index is 3.16. The van der Waals surface area contributed by atoms with E-state index in [9.17, 15) is 9.59 Å². The molecule has 2 N–H and O–H groups in total. The second-order valence-corrected chi connectivity index (χ2v) is 4.68. The van der Waals surface area contributed by atoms with Crippen LogP contribution in [0.25, 0.3) is 0 Å². The van der Waals surface area contributed by atoms with Crippen LogP contribution in [0.1, 0.15) is 33.6 Å². The second-order valence-electron chi connectivity index (χ2n) is 4.27. The molecule has 1 heterocycles. The molecule has 1 atom stereocenters. The molecule has 1 rings (SSSR count). The van der Waals surface area contributed by atoms with Crippen LogP contribution in [-0.4, -0.2) is 16.9 Å². The fourth-order valence-electron chi connectivity index (χ4n) is 2.28. The van der Waals surface area contributed by atoms with E-state index >= 15 is 0 Å². The zero-order valence-electron chi connectivity index (χ0n) is 10.4. The van der Waals surface area contributed by atoms with Crippen molar-refractivity contribution in [1.82, 2.24) is 10.6 Å². The number of nitrogens with one attached hydrogen (secondary N) is 2. The number of carbonyl (C=O) groups excluding carboxylic acids is 2. The number of carbonyl (C=O) groups is 2. The predicted octanol–water partition coefficient (Wildman–Crippen LogP) is 1.52. The summed E-state index contributed by atoms with van der Waals surface area (Å²) < 4.78 is 0. The number of hydrogen-bond donors (Lipinski definition) is 2. The van der Waals surface area contributed by atoms with Gasteiger partial charge in [-0.3, -0.25) is 9.59 Å². The molecule has 0 aliphatic carbocycles. The Morgan fingerprint density at radius 3 is 2.29 bits per heavy atom. The Morgan fingerprint density at radius 2 is 1.88 bits per heavy atom. The molecule has 1 aliphatic rings. The number of rotatable bonds is 4. The molecule has 1 fully saturated rings. The van der Waals surface area contributed by atoms with Crippen LogP contribution < -0.4 is 10.6 Å². The van der Waals surface area contributed by atoms with Gasteiger partial charge in [-0.15, -0.1) is 0 Å². The van der Waals surface area contributed by atoms with Crippen molar-refractivity contribution >= 4 is 29.1 Å². The van der Waals surface area contributed by atoms with Gasteiger partial charge < -0.3 is 10.6 Å². The number of amides is 2. The third-order valence-corrected chi connectivity index (χ3v) is 3.37. The molecular weight excluding hydrogens is 236 g/mol. The van der Waals surface area contributed by atoms with Crippen LogP contribution in [0.5, 0.6) is 0 Å². The van der Waals surface area contributed by atoms with Crippen molar-refractivity contribution in [3.63, 3.8) is 0 Å². The van der Waals surface area contributed by atoms with Crippen molar-refractivity contribution in [1.29, 1.82) is 0 Å². The predicted molar refractivity (Wildman–Crippen MR) is 70.2 cm³/mol. The average Bonchev–Trinajstić information content (AvgIpc) is 2.23. The Bertz CT molecular complexity index is 357. The Kier molecular flexibility index (Phi) is 4.40. The van der Waals surface area contributed by atoms with E-state index in [1.165, 1.54) is 0 Å². The summed E-state index contributed by atoms with van der Waals surface area (Å²) in [5.41, 5.74) is -1.04. The lowest BCUT2D eigenvalue weighted by Crippen LogP contribution is -2.64. The molecule has 94 valence electrons. The first kappa shape index (κ1) is 13.8. The molecule has 2 amide bonds. The monoisotopic (exact) mass is 254 g/mol. The molecule has 0 aromatic rings.